The molecule has 0 unspecified atom stereocenters. The predicted octanol–water partition coefficient (Wildman–Crippen LogP) is 4.81. The summed E-state index contributed by atoms with van der Waals surface area (Å²) in [5.74, 6) is 1.18. The third-order valence-corrected chi connectivity index (χ3v) is 4.56. The Morgan fingerprint density at radius 1 is 0.903 bits per heavy atom. The van der Waals surface area contributed by atoms with Crippen LogP contribution in [0.5, 0.6) is 11.5 Å². The van der Waals surface area contributed by atoms with Crippen molar-refractivity contribution in [3.63, 3.8) is 0 Å². The highest BCUT2D eigenvalue weighted by molar-refractivity contribution is 6.04. The van der Waals surface area contributed by atoms with Gasteiger partial charge < -0.3 is 19.3 Å². The summed E-state index contributed by atoms with van der Waals surface area (Å²) in [6.45, 7) is 0. The van der Waals surface area contributed by atoms with Crippen molar-refractivity contribution in [2.24, 2.45) is 0 Å². The maximum atomic E-state index is 13.0. The van der Waals surface area contributed by atoms with Crippen LogP contribution in [0.3, 0.4) is 0 Å². The standard InChI is InChI=1S/C23H18FN3O4/c1-29-19-12-7-16(13-20(19)30-2)21-26-23(31-27-21)15-5-10-18(11-6-15)25-22(28)14-3-8-17(24)9-4-14/h3-13H,1-2H3,(H,25,28). The summed E-state index contributed by atoms with van der Waals surface area (Å²) in [7, 11) is 3.12. The molecule has 1 aromatic heterocycles. The smallest absolute Gasteiger partial charge is 0.258 e. The van der Waals surface area contributed by atoms with Gasteiger partial charge in [-0.2, -0.15) is 4.98 Å². The zero-order valence-corrected chi connectivity index (χ0v) is 16.8. The SMILES string of the molecule is COc1ccc(-c2noc(-c3ccc(NC(=O)c4ccc(F)cc4)cc3)n2)cc1OC. The first-order valence-corrected chi connectivity index (χ1v) is 9.31. The van der Waals surface area contributed by atoms with Gasteiger partial charge in [0.05, 0.1) is 14.2 Å². The number of anilines is 1. The molecule has 31 heavy (non-hydrogen) atoms. The number of methoxy groups -OCH3 is 2. The molecule has 0 aliphatic heterocycles. The van der Waals surface area contributed by atoms with Gasteiger partial charge in [-0.25, -0.2) is 4.39 Å². The zero-order valence-electron chi connectivity index (χ0n) is 16.8. The molecule has 0 radical (unpaired) electrons. The van der Waals surface area contributed by atoms with Crippen LogP contribution < -0.4 is 14.8 Å². The molecule has 156 valence electrons. The Labute approximate surface area is 177 Å². The van der Waals surface area contributed by atoms with Crippen LogP contribution in [-0.4, -0.2) is 30.3 Å². The Kier molecular flexibility index (Phi) is 5.61. The molecule has 0 saturated carbocycles. The molecule has 0 aliphatic carbocycles. The van der Waals surface area contributed by atoms with E-state index in [4.69, 9.17) is 14.0 Å². The van der Waals surface area contributed by atoms with Crippen LogP contribution in [0.15, 0.2) is 71.3 Å². The van der Waals surface area contributed by atoms with Crippen molar-refractivity contribution in [3.05, 3.63) is 78.1 Å². The molecule has 0 saturated heterocycles. The van der Waals surface area contributed by atoms with Crippen molar-refractivity contribution >= 4 is 11.6 Å². The Bertz CT molecular complexity index is 1200. The zero-order chi connectivity index (χ0) is 21.8. The number of benzene rings is 3. The monoisotopic (exact) mass is 419 g/mol. The largest absolute Gasteiger partial charge is 0.493 e. The van der Waals surface area contributed by atoms with E-state index in [9.17, 15) is 9.18 Å². The molecule has 0 atom stereocenters. The van der Waals surface area contributed by atoms with E-state index in [0.717, 1.165) is 5.56 Å². The molecule has 3 aromatic carbocycles. The van der Waals surface area contributed by atoms with Gasteiger partial charge in [0.2, 0.25) is 5.82 Å². The molecule has 1 N–H and O–H groups in total. The van der Waals surface area contributed by atoms with Crippen molar-refractivity contribution < 1.29 is 23.2 Å². The van der Waals surface area contributed by atoms with Gasteiger partial charge >= 0.3 is 0 Å². The fraction of sp³-hybridized carbons (Fsp3) is 0.0870. The normalized spacial score (nSPS) is 10.5. The molecule has 7 nitrogen and oxygen atoms in total. The molecule has 4 aromatic rings. The molecule has 0 aliphatic rings. The number of carbonyl (C=O) groups is 1. The summed E-state index contributed by atoms with van der Waals surface area (Å²) in [5.41, 5.74) is 2.36. The third-order valence-electron chi connectivity index (χ3n) is 4.56. The van der Waals surface area contributed by atoms with E-state index >= 15 is 0 Å². The molecule has 8 heteroatoms. The maximum absolute atomic E-state index is 13.0. The highest BCUT2D eigenvalue weighted by Crippen LogP contribution is 2.32. The number of ether oxygens (including phenoxy) is 2. The van der Waals surface area contributed by atoms with Gasteiger partial charge in [0.25, 0.3) is 11.8 Å². The van der Waals surface area contributed by atoms with Gasteiger partial charge in [-0.1, -0.05) is 5.16 Å². The van der Waals surface area contributed by atoms with Crippen LogP contribution in [0.25, 0.3) is 22.8 Å². The number of nitrogens with zero attached hydrogens (tertiary/aromatic N) is 2. The number of carbonyl (C=O) groups excluding carboxylic acids is 1. The Hall–Kier alpha value is -4.20. The summed E-state index contributed by atoms with van der Waals surface area (Å²) in [6, 6.07) is 17.6. The van der Waals surface area contributed by atoms with Crippen molar-refractivity contribution in [2.45, 2.75) is 0 Å². The minimum Gasteiger partial charge on any atom is -0.493 e. The molecule has 0 spiro atoms. The topological polar surface area (TPSA) is 86.5 Å². The lowest BCUT2D eigenvalue weighted by atomic mass is 10.1. The molecular formula is C23H18FN3O4. The van der Waals surface area contributed by atoms with E-state index in [2.05, 4.69) is 15.5 Å². The predicted molar refractivity (Wildman–Crippen MR) is 113 cm³/mol. The fourth-order valence-electron chi connectivity index (χ4n) is 2.93. The minimum atomic E-state index is -0.395. The summed E-state index contributed by atoms with van der Waals surface area (Å²) in [4.78, 5) is 16.7. The number of nitrogens with one attached hydrogen (secondary N) is 1. The van der Waals surface area contributed by atoms with E-state index in [1.165, 1.54) is 24.3 Å². The summed E-state index contributed by atoms with van der Waals surface area (Å²) in [6.07, 6.45) is 0. The second-order valence-electron chi connectivity index (χ2n) is 6.53. The molecule has 1 heterocycles. The van der Waals surface area contributed by atoms with Crippen molar-refractivity contribution in [3.8, 4) is 34.3 Å². The number of aromatic nitrogens is 2. The van der Waals surface area contributed by atoms with Crippen LogP contribution in [0.4, 0.5) is 10.1 Å². The van der Waals surface area contributed by atoms with E-state index < -0.39 is 5.82 Å². The van der Waals surface area contributed by atoms with Crippen molar-refractivity contribution in [1.82, 2.24) is 10.1 Å². The molecule has 1 amide bonds. The first kappa shape index (κ1) is 20.1. The lowest BCUT2D eigenvalue weighted by Crippen LogP contribution is -2.11. The van der Waals surface area contributed by atoms with Gasteiger partial charge in [0, 0.05) is 22.4 Å². The minimum absolute atomic E-state index is 0.332. The number of hydrogen-bond acceptors (Lipinski definition) is 6. The van der Waals surface area contributed by atoms with Gasteiger partial charge in [0.1, 0.15) is 5.82 Å². The number of rotatable bonds is 6. The summed E-state index contributed by atoms with van der Waals surface area (Å²) >= 11 is 0. The molecule has 4 rings (SSSR count). The van der Waals surface area contributed by atoms with Crippen molar-refractivity contribution in [2.75, 3.05) is 19.5 Å². The number of amides is 1. The van der Waals surface area contributed by atoms with Gasteiger partial charge in [-0.15, -0.1) is 0 Å². The second kappa shape index (κ2) is 8.66. The van der Waals surface area contributed by atoms with E-state index in [1.54, 1.807) is 50.6 Å². The van der Waals surface area contributed by atoms with Crippen LogP contribution in [-0.2, 0) is 0 Å². The lowest BCUT2D eigenvalue weighted by Gasteiger charge is -2.07. The first-order valence-electron chi connectivity index (χ1n) is 9.31. The van der Waals surface area contributed by atoms with Crippen LogP contribution in [0.1, 0.15) is 10.4 Å². The maximum Gasteiger partial charge on any atom is 0.258 e. The van der Waals surface area contributed by atoms with E-state index in [0.29, 0.717) is 40.0 Å². The number of halogens is 1. The van der Waals surface area contributed by atoms with E-state index in [-0.39, 0.29) is 5.91 Å². The fourth-order valence-corrected chi connectivity index (χ4v) is 2.93. The van der Waals surface area contributed by atoms with Gasteiger partial charge in [-0.05, 0) is 66.7 Å². The Morgan fingerprint density at radius 3 is 2.26 bits per heavy atom. The average molecular weight is 419 g/mol. The lowest BCUT2D eigenvalue weighted by molar-refractivity contribution is 0.102. The van der Waals surface area contributed by atoms with Crippen LogP contribution in [0, 0.1) is 5.82 Å². The summed E-state index contributed by atoms with van der Waals surface area (Å²) in [5, 5.41) is 6.79. The first-order chi connectivity index (χ1) is 15.1. The average Bonchev–Trinajstić information content (AvgIpc) is 3.30. The highest BCUT2D eigenvalue weighted by Gasteiger charge is 2.14. The van der Waals surface area contributed by atoms with Gasteiger partial charge in [0.15, 0.2) is 11.5 Å². The Morgan fingerprint density at radius 2 is 1.58 bits per heavy atom. The van der Waals surface area contributed by atoms with Crippen LogP contribution >= 0.6 is 0 Å². The van der Waals surface area contributed by atoms with Crippen molar-refractivity contribution in [1.29, 1.82) is 0 Å². The van der Waals surface area contributed by atoms with E-state index in [1.807, 2.05) is 6.07 Å². The summed E-state index contributed by atoms with van der Waals surface area (Å²) < 4.78 is 28.9. The molecular weight excluding hydrogens is 401 g/mol. The Balaban J connectivity index is 1.49. The third kappa shape index (κ3) is 4.37. The second-order valence-corrected chi connectivity index (χ2v) is 6.53. The van der Waals surface area contributed by atoms with Crippen LogP contribution in [0.2, 0.25) is 0 Å². The quantitative estimate of drug-likeness (QED) is 0.483. The highest BCUT2D eigenvalue weighted by atomic mass is 19.1. The molecule has 0 fully saturated rings. The molecule has 0 bridgehead atoms. The van der Waals surface area contributed by atoms with Gasteiger partial charge in [-0.3, -0.25) is 4.79 Å². The number of hydrogen-bond donors (Lipinski definition) is 1.